The van der Waals surface area contributed by atoms with E-state index in [4.69, 9.17) is 9.26 Å². The molecule has 0 unspecified atom stereocenters. The highest BCUT2D eigenvalue weighted by Gasteiger charge is 2.33. The molecule has 1 aliphatic heterocycles. The van der Waals surface area contributed by atoms with Gasteiger partial charge in [0, 0.05) is 18.5 Å². The van der Waals surface area contributed by atoms with Gasteiger partial charge in [0.2, 0.25) is 17.6 Å². The van der Waals surface area contributed by atoms with Gasteiger partial charge in [-0.15, -0.1) is 0 Å². The summed E-state index contributed by atoms with van der Waals surface area (Å²) >= 11 is 0. The van der Waals surface area contributed by atoms with E-state index in [0.717, 1.165) is 37.1 Å². The van der Waals surface area contributed by atoms with E-state index in [1.165, 1.54) is 5.56 Å². The molecular formula is C22H23N3O3. The van der Waals surface area contributed by atoms with Crippen molar-refractivity contribution < 1.29 is 14.1 Å². The maximum atomic E-state index is 12.8. The Kier molecular flexibility index (Phi) is 5.37. The van der Waals surface area contributed by atoms with Crippen LogP contribution in [0.15, 0.2) is 59.1 Å². The Morgan fingerprint density at radius 1 is 1.21 bits per heavy atom. The number of benzene rings is 2. The lowest BCUT2D eigenvalue weighted by Gasteiger charge is -2.21. The predicted molar refractivity (Wildman–Crippen MR) is 105 cm³/mol. The van der Waals surface area contributed by atoms with E-state index < -0.39 is 0 Å². The number of rotatable bonds is 6. The van der Waals surface area contributed by atoms with Gasteiger partial charge < -0.3 is 14.2 Å². The van der Waals surface area contributed by atoms with Crippen molar-refractivity contribution in [2.45, 2.75) is 31.7 Å². The topological polar surface area (TPSA) is 68.5 Å². The second kappa shape index (κ2) is 8.25. The van der Waals surface area contributed by atoms with Gasteiger partial charge in [-0.25, -0.2) is 0 Å². The molecule has 28 heavy (non-hydrogen) atoms. The van der Waals surface area contributed by atoms with Crippen LogP contribution in [-0.2, 0) is 11.2 Å². The maximum absolute atomic E-state index is 12.8. The number of hydrogen-bond donors (Lipinski definition) is 0. The van der Waals surface area contributed by atoms with Gasteiger partial charge in [-0.05, 0) is 37.0 Å². The molecule has 0 saturated carbocycles. The molecule has 1 amide bonds. The summed E-state index contributed by atoms with van der Waals surface area (Å²) < 4.78 is 10.8. The molecule has 3 aromatic rings. The minimum Gasteiger partial charge on any atom is -0.497 e. The third kappa shape index (κ3) is 3.91. The second-order valence-electron chi connectivity index (χ2n) is 6.92. The van der Waals surface area contributed by atoms with Crippen molar-refractivity contribution in [3.05, 3.63) is 66.1 Å². The molecule has 1 atom stereocenters. The lowest BCUT2D eigenvalue weighted by Crippen LogP contribution is -2.30. The van der Waals surface area contributed by atoms with E-state index in [-0.39, 0.29) is 11.9 Å². The first-order valence-electron chi connectivity index (χ1n) is 9.56. The summed E-state index contributed by atoms with van der Waals surface area (Å²) in [6, 6.07) is 17.5. The van der Waals surface area contributed by atoms with Gasteiger partial charge in [0.15, 0.2) is 0 Å². The molecule has 1 fully saturated rings. The maximum Gasteiger partial charge on any atom is 0.249 e. The third-order valence-electron chi connectivity index (χ3n) is 5.10. The summed E-state index contributed by atoms with van der Waals surface area (Å²) in [5.41, 5.74) is 2.00. The van der Waals surface area contributed by atoms with Crippen LogP contribution in [-0.4, -0.2) is 34.6 Å². The smallest absolute Gasteiger partial charge is 0.249 e. The van der Waals surface area contributed by atoms with E-state index >= 15 is 0 Å². The minimum atomic E-state index is -0.143. The molecular weight excluding hydrogens is 354 g/mol. The molecule has 0 N–H and O–H groups in total. The first-order chi connectivity index (χ1) is 13.7. The number of nitrogens with zero attached hydrogens (tertiary/aromatic N) is 3. The van der Waals surface area contributed by atoms with Crippen LogP contribution in [0.1, 0.15) is 36.8 Å². The number of carbonyl (C=O) groups is 1. The number of carbonyl (C=O) groups excluding carboxylic acids is 1. The fourth-order valence-corrected chi connectivity index (χ4v) is 3.61. The number of aryl methyl sites for hydroxylation is 1. The summed E-state index contributed by atoms with van der Waals surface area (Å²) in [7, 11) is 1.62. The molecule has 1 aromatic heterocycles. The monoisotopic (exact) mass is 377 g/mol. The predicted octanol–water partition coefficient (Wildman–Crippen LogP) is 4.04. The Bertz CT molecular complexity index is 939. The molecule has 4 rings (SSSR count). The van der Waals surface area contributed by atoms with E-state index in [2.05, 4.69) is 10.1 Å². The van der Waals surface area contributed by atoms with Gasteiger partial charge in [0.05, 0.1) is 7.11 Å². The molecule has 1 saturated heterocycles. The van der Waals surface area contributed by atoms with Gasteiger partial charge in [0.1, 0.15) is 11.8 Å². The highest BCUT2D eigenvalue weighted by Crippen LogP contribution is 2.33. The molecule has 6 nitrogen and oxygen atoms in total. The summed E-state index contributed by atoms with van der Waals surface area (Å²) in [5.74, 6) is 1.88. The number of likely N-dealkylation sites (tertiary alicyclic amines) is 1. The van der Waals surface area contributed by atoms with Crippen LogP contribution < -0.4 is 4.74 Å². The molecule has 144 valence electrons. The van der Waals surface area contributed by atoms with Crippen molar-refractivity contribution in [3.63, 3.8) is 0 Å². The van der Waals surface area contributed by atoms with E-state index in [0.29, 0.717) is 18.1 Å². The van der Waals surface area contributed by atoms with Crippen molar-refractivity contribution >= 4 is 5.91 Å². The lowest BCUT2D eigenvalue weighted by molar-refractivity contribution is -0.132. The Labute approximate surface area is 164 Å². The van der Waals surface area contributed by atoms with Crippen molar-refractivity contribution in [1.29, 1.82) is 0 Å². The van der Waals surface area contributed by atoms with Gasteiger partial charge in [-0.3, -0.25) is 4.79 Å². The molecule has 2 heterocycles. The number of methoxy groups -OCH3 is 1. The number of amides is 1. The Hall–Kier alpha value is -3.15. The molecule has 1 aliphatic rings. The van der Waals surface area contributed by atoms with Crippen LogP contribution in [0.4, 0.5) is 0 Å². The van der Waals surface area contributed by atoms with Gasteiger partial charge in [-0.1, -0.05) is 47.6 Å². The summed E-state index contributed by atoms with van der Waals surface area (Å²) in [6.07, 6.45) is 3.01. The Morgan fingerprint density at radius 3 is 2.89 bits per heavy atom. The highest BCUT2D eigenvalue weighted by atomic mass is 16.5. The third-order valence-corrected chi connectivity index (χ3v) is 5.10. The van der Waals surface area contributed by atoms with Crippen LogP contribution in [0.5, 0.6) is 5.75 Å². The quantitative estimate of drug-likeness (QED) is 0.648. The van der Waals surface area contributed by atoms with Crippen molar-refractivity contribution in [3.8, 4) is 17.1 Å². The van der Waals surface area contributed by atoms with Crippen molar-refractivity contribution in [2.24, 2.45) is 0 Å². The number of aromatic nitrogens is 2. The summed E-state index contributed by atoms with van der Waals surface area (Å²) in [6.45, 7) is 0.731. The van der Waals surface area contributed by atoms with Crippen LogP contribution in [0.2, 0.25) is 0 Å². The van der Waals surface area contributed by atoms with E-state index in [1.54, 1.807) is 7.11 Å². The number of ether oxygens (including phenoxy) is 1. The van der Waals surface area contributed by atoms with Crippen LogP contribution >= 0.6 is 0 Å². The average molecular weight is 377 g/mol. The molecule has 2 aromatic carbocycles. The SMILES string of the molecule is COc1cccc(-c2noc([C@@H]3CCCN3C(=O)CCc3ccccc3)n2)c1. The van der Waals surface area contributed by atoms with Crippen LogP contribution in [0, 0.1) is 0 Å². The molecule has 6 heteroatoms. The fraction of sp³-hybridized carbons (Fsp3) is 0.318. The zero-order chi connectivity index (χ0) is 19.3. The lowest BCUT2D eigenvalue weighted by atomic mass is 10.1. The summed E-state index contributed by atoms with van der Waals surface area (Å²) in [5, 5.41) is 4.11. The highest BCUT2D eigenvalue weighted by molar-refractivity contribution is 5.77. The zero-order valence-corrected chi connectivity index (χ0v) is 15.9. The summed E-state index contributed by atoms with van der Waals surface area (Å²) in [4.78, 5) is 19.2. The Balaban J connectivity index is 1.46. The standard InChI is InChI=1S/C22H23N3O3/c1-27-18-10-5-9-17(15-18)21-23-22(28-24-21)19-11-6-14-25(19)20(26)13-12-16-7-3-2-4-8-16/h2-5,7-10,15,19H,6,11-14H2,1H3/t19-/m0/s1. The average Bonchev–Trinajstić information content (AvgIpc) is 3.42. The van der Waals surface area contributed by atoms with E-state index in [9.17, 15) is 4.79 Å². The first kappa shape index (κ1) is 18.2. The second-order valence-corrected chi connectivity index (χ2v) is 6.92. The van der Waals surface area contributed by atoms with Crippen LogP contribution in [0.3, 0.4) is 0 Å². The van der Waals surface area contributed by atoms with Crippen molar-refractivity contribution in [2.75, 3.05) is 13.7 Å². The largest absolute Gasteiger partial charge is 0.497 e. The normalized spacial score (nSPS) is 16.3. The molecule has 0 bridgehead atoms. The van der Waals surface area contributed by atoms with Crippen LogP contribution in [0.25, 0.3) is 11.4 Å². The molecule has 0 radical (unpaired) electrons. The van der Waals surface area contributed by atoms with Gasteiger partial charge in [-0.2, -0.15) is 4.98 Å². The molecule has 0 aliphatic carbocycles. The van der Waals surface area contributed by atoms with Gasteiger partial charge in [0.25, 0.3) is 0 Å². The van der Waals surface area contributed by atoms with Gasteiger partial charge >= 0.3 is 0 Å². The first-order valence-corrected chi connectivity index (χ1v) is 9.56. The number of hydrogen-bond acceptors (Lipinski definition) is 5. The zero-order valence-electron chi connectivity index (χ0n) is 15.9. The van der Waals surface area contributed by atoms with E-state index in [1.807, 2.05) is 59.5 Å². The minimum absolute atomic E-state index is 0.132. The molecule has 0 spiro atoms. The fourth-order valence-electron chi connectivity index (χ4n) is 3.61. The van der Waals surface area contributed by atoms with Crippen molar-refractivity contribution in [1.82, 2.24) is 15.0 Å². The Morgan fingerprint density at radius 2 is 2.07 bits per heavy atom.